The fourth-order valence-electron chi connectivity index (χ4n) is 2.14. The normalized spacial score (nSPS) is 12.2. The van der Waals surface area contributed by atoms with Crippen molar-refractivity contribution in [2.24, 2.45) is 4.99 Å². The van der Waals surface area contributed by atoms with E-state index in [1.54, 1.807) is 30.5 Å². The minimum atomic E-state index is -3.34. The second kappa shape index (κ2) is 9.62. The number of hydrogen-bond donors (Lipinski definition) is 2. The van der Waals surface area contributed by atoms with Gasteiger partial charge in [-0.1, -0.05) is 15.9 Å². The minimum absolute atomic E-state index is 0.0383. The number of aliphatic imine (C=N–C) groups is 1. The Labute approximate surface area is 156 Å². The summed E-state index contributed by atoms with van der Waals surface area (Å²) in [7, 11) is -3.34. The number of nitrogens with one attached hydrogen (secondary N) is 2. The van der Waals surface area contributed by atoms with Crippen LogP contribution < -0.4 is 10.6 Å². The Morgan fingerprint density at radius 2 is 1.96 bits per heavy atom. The second-order valence-electron chi connectivity index (χ2n) is 5.29. The number of benzene rings is 1. The van der Waals surface area contributed by atoms with Gasteiger partial charge in [-0.25, -0.2) is 8.42 Å². The summed E-state index contributed by atoms with van der Waals surface area (Å²) in [4.78, 5) is 4.64. The number of halogens is 1. The van der Waals surface area contributed by atoms with Gasteiger partial charge >= 0.3 is 0 Å². The molecule has 2 rings (SSSR count). The lowest BCUT2D eigenvalue weighted by atomic mass is 10.3. The van der Waals surface area contributed by atoms with Gasteiger partial charge in [0.05, 0.1) is 23.5 Å². The van der Waals surface area contributed by atoms with Gasteiger partial charge in [0.25, 0.3) is 0 Å². The Morgan fingerprint density at radius 1 is 1.20 bits per heavy atom. The molecule has 0 radical (unpaired) electrons. The molecule has 0 saturated carbocycles. The van der Waals surface area contributed by atoms with E-state index in [1.807, 2.05) is 19.1 Å². The molecule has 1 aromatic heterocycles. The highest BCUT2D eigenvalue weighted by molar-refractivity contribution is 9.10. The lowest BCUT2D eigenvalue weighted by molar-refractivity contribution is 0.507. The van der Waals surface area contributed by atoms with Crippen LogP contribution in [-0.2, 0) is 16.3 Å². The summed E-state index contributed by atoms with van der Waals surface area (Å²) >= 11 is 3.30. The highest BCUT2D eigenvalue weighted by atomic mass is 79.9. The van der Waals surface area contributed by atoms with E-state index in [0.29, 0.717) is 23.9 Å². The third-order valence-electron chi connectivity index (χ3n) is 3.39. The van der Waals surface area contributed by atoms with E-state index < -0.39 is 9.84 Å². The number of hydrogen-bond acceptors (Lipinski definition) is 4. The van der Waals surface area contributed by atoms with Crippen molar-refractivity contribution in [1.29, 1.82) is 0 Å². The van der Waals surface area contributed by atoms with E-state index in [1.165, 1.54) is 0 Å². The molecule has 0 aliphatic rings. The van der Waals surface area contributed by atoms with E-state index in [2.05, 4.69) is 31.6 Å². The van der Waals surface area contributed by atoms with Crippen molar-refractivity contribution in [3.63, 3.8) is 0 Å². The maximum atomic E-state index is 12.3. The zero-order chi connectivity index (χ0) is 18.1. The van der Waals surface area contributed by atoms with Crippen molar-refractivity contribution in [3.8, 4) is 0 Å². The summed E-state index contributed by atoms with van der Waals surface area (Å²) in [5.74, 6) is 1.45. The van der Waals surface area contributed by atoms with Crippen LogP contribution in [0.5, 0.6) is 0 Å². The van der Waals surface area contributed by atoms with Crippen LogP contribution in [0.15, 0.2) is 61.4 Å². The predicted molar refractivity (Wildman–Crippen MR) is 103 cm³/mol. The van der Waals surface area contributed by atoms with Gasteiger partial charge in [-0.05, 0) is 43.3 Å². The van der Waals surface area contributed by atoms with Crippen LogP contribution in [0.1, 0.15) is 12.7 Å². The molecule has 0 unspecified atom stereocenters. The Bertz CT molecular complexity index is 772. The van der Waals surface area contributed by atoms with Crippen LogP contribution >= 0.6 is 15.9 Å². The molecular weight excluding hydrogens is 406 g/mol. The van der Waals surface area contributed by atoms with Crippen LogP contribution in [0.2, 0.25) is 0 Å². The quantitative estimate of drug-likeness (QED) is 0.499. The zero-order valence-electron chi connectivity index (χ0n) is 14.0. The maximum absolute atomic E-state index is 12.3. The topological polar surface area (TPSA) is 83.7 Å². The summed E-state index contributed by atoms with van der Waals surface area (Å²) in [6, 6.07) is 10.4. The van der Waals surface area contributed by atoms with Gasteiger partial charge in [0.1, 0.15) is 5.76 Å². The van der Waals surface area contributed by atoms with E-state index in [0.717, 1.165) is 16.7 Å². The van der Waals surface area contributed by atoms with E-state index in [9.17, 15) is 8.42 Å². The Kier molecular flexibility index (Phi) is 7.52. The molecule has 0 saturated heterocycles. The first kappa shape index (κ1) is 19.5. The molecule has 0 amide bonds. The van der Waals surface area contributed by atoms with Crippen LogP contribution in [0, 0.1) is 0 Å². The SMILES string of the molecule is CCNC(=NCCS(=O)(=O)c1ccc(Br)cc1)NCCc1ccco1. The smallest absolute Gasteiger partial charge is 0.191 e. The molecule has 136 valence electrons. The van der Waals surface area contributed by atoms with Gasteiger partial charge in [-0.15, -0.1) is 0 Å². The third-order valence-corrected chi connectivity index (χ3v) is 5.63. The summed E-state index contributed by atoms with van der Waals surface area (Å²) < 4.78 is 30.8. The lowest BCUT2D eigenvalue weighted by Gasteiger charge is -2.10. The molecule has 0 aliphatic carbocycles. The number of guanidine groups is 1. The Hall–Kier alpha value is -1.80. The fourth-order valence-corrected chi connectivity index (χ4v) is 3.52. The molecule has 0 bridgehead atoms. The van der Waals surface area contributed by atoms with Crippen LogP contribution in [0.4, 0.5) is 0 Å². The van der Waals surface area contributed by atoms with Gasteiger partial charge in [-0.3, -0.25) is 4.99 Å². The average molecular weight is 428 g/mol. The molecule has 1 aromatic carbocycles. The molecule has 0 atom stereocenters. The zero-order valence-corrected chi connectivity index (χ0v) is 16.4. The monoisotopic (exact) mass is 427 g/mol. The third kappa shape index (κ3) is 6.55. The molecule has 25 heavy (non-hydrogen) atoms. The first-order valence-corrected chi connectivity index (χ1v) is 10.5. The molecule has 1 heterocycles. The number of rotatable bonds is 8. The molecule has 0 fully saturated rings. The molecule has 6 nitrogen and oxygen atoms in total. The summed E-state index contributed by atoms with van der Waals surface area (Å²) in [6.45, 7) is 3.50. The lowest BCUT2D eigenvalue weighted by Crippen LogP contribution is -2.38. The van der Waals surface area contributed by atoms with Gasteiger partial charge in [0.2, 0.25) is 0 Å². The van der Waals surface area contributed by atoms with Gasteiger partial charge in [0, 0.05) is 24.0 Å². The van der Waals surface area contributed by atoms with Crippen molar-refractivity contribution in [2.45, 2.75) is 18.2 Å². The van der Waals surface area contributed by atoms with Crippen molar-refractivity contribution in [1.82, 2.24) is 10.6 Å². The molecular formula is C17H22BrN3O3S. The standard InChI is InChI=1S/C17H22BrN3O3S/c1-2-19-17(20-10-9-15-4-3-12-24-15)21-11-13-25(22,23)16-7-5-14(18)6-8-16/h3-8,12H,2,9-11,13H2,1H3,(H2,19,20,21). The first-order chi connectivity index (χ1) is 12.0. The van der Waals surface area contributed by atoms with Crippen LogP contribution in [-0.4, -0.2) is 39.8 Å². The van der Waals surface area contributed by atoms with Gasteiger partial charge < -0.3 is 15.1 Å². The van der Waals surface area contributed by atoms with Crippen molar-refractivity contribution < 1.29 is 12.8 Å². The highest BCUT2D eigenvalue weighted by Crippen LogP contribution is 2.15. The fraction of sp³-hybridized carbons (Fsp3) is 0.353. The molecule has 0 aliphatic heterocycles. The van der Waals surface area contributed by atoms with Crippen molar-refractivity contribution in [2.75, 3.05) is 25.4 Å². The predicted octanol–water partition coefficient (Wildman–Crippen LogP) is 2.61. The van der Waals surface area contributed by atoms with Crippen molar-refractivity contribution in [3.05, 3.63) is 52.9 Å². The van der Waals surface area contributed by atoms with E-state index in [4.69, 9.17) is 4.42 Å². The largest absolute Gasteiger partial charge is 0.469 e. The second-order valence-corrected chi connectivity index (χ2v) is 8.31. The van der Waals surface area contributed by atoms with Gasteiger partial charge in [0.15, 0.2) is 15.8 Å². The van der Waals surface area contributed by atoms with E-state index in [-0.39, 0.29) is 12.3 Å². The average Bonchev–Trinajstić information content (AvgIpc) is 3.08. The molecule has 8 heteroatoms. The summed E-state index contributed by atoms with van der Waals surface area (Å²) in [5, 5.41) is 6.27. The number of furan rings is 1. The first-order valence-electron chi connectivity index (χ1n) is 8.04. The minimum Gasteiger partial charge on any atom is -0.469 e. The summed E-state index contributed by atoms with van der Waals surface area (Å²) in [6.07, 6.45) is 2.37. The summed E-state index contributed by atoms with van der Waals surface area (Å²) in [5.41, 5.74) is 0. The Morgan fingerprint density at radius 3 is 2.60 bits per heavy atom. The molecule has 2 aromatic rings. The number of sulfone groups is 1. The number of nitrogens with zero attached hydrogens (tertiary/aromatic N) is 1. The molecule has 2 N–H and O–H groups in total. The van der Waals surface area contributed by atoms with Crippen LogP contribution in [0.25, 0.3) is 0 Å². The van der Waals surface area contributed by atoms with Crippen molar-refractivity contribution >= 4 is 31.7 Å². The highest BCUT2D eigenvalue weighted by Gasteiger charge is 2.13. The Balaban J connectivity index is 1.88. The van der Waals surface area contributed by atoms with Gasteiger partial charge in [-0.2, -0.15) is 0 Å². The van der Waals surface area contributed by atoms with Crippen LogP contribution in [0.3, 0.4) is 0 Å². The molecule has 0 spiro atoms. The maximum Gasteiger partial charge on any atom is 0.191 e. The van der Waals surface area contributed by atoms with E-state index >= 15 is 0 Å².